The maximum atomic E-state index is 14.1. The van der Waals surface area contributed by atoms with Crippen LogP contribution in [0.5, 0.6) is 0 Å². The van der Waals surface area contributed by atoms with E-state index in [-0.39, 0.29) is 24.0 Å². The molecule has 1 aromatic carbocycles. The lowest BCUT2D eigenvalue weighted by Gasteiger charge is -2.38. The summed E-state index contributed by atoms with van der Waals surface area (Å²) in [5, 5.41) is 0. The number of morpholine rings is 1. The molecule has 0 saturated carbocycles. The van der Waals surface area contributed by atoms with Gasteiger partial charge in [0, 0.05) is 39.1 Å². The van der Waals surface area contributed by atoms with E-state index in [0.29, 0.717) is 68.7 Å². The van der Waals surface area contributed by atoms with Gasteiger partial charge in [0.15, 0.2) is 5.82 Å². The van der Waals surface area contributed by atoms with Crippen molar-refractivity contribution >= 4 is 28.8 Å². The molecule has 2 aliphatic heterocycles. The average Bonchev–Trinajstić information content (AvgIpc) is 3.30. The molecule has 0 unspecified atom stereocenters. The number of imidazole rings is 1. The number of piperazine rings is 1. The van der Waals surface area contributed by atoms with Gasteiger partial charge in [0.25, 0.3) is 6.43 Å². The van der Waals surface area contributed by atoms with Gasteiger partial charge >= 0.3 is 0 Å². The first-order chi connectivity index (χ1) is 17.4. The van der Waals surface area contributed by atoms with E-state index in [4.69, 9.17) is 9.72 Å². The lowest BCUT2D eigenvalue weighted by Crippen LogP contribution is -2.50. The number of fused-ring (bicyclic) bond motifs is 1. The molecule has 192 valence electrons. The summed E-state index contributed by atoms with van der Waals surface area (Å²) in [6, 6.07) is 6.93. The van der Waals surface area contributed by atoms with Crippen LogP contribution in [0, 0.1) is 0 Å². The molecule has 12 heteroatoms. The van der Waals surface area contributed by atoms with Crippen molar-refractivity contribution in [1.82, 2.24) is 29.4 Å². The number of amides is 1. The molecule has 2 fully saturated rings. The third-order valence-corrected chi connectivity index (χ3v) is 6.94. The van der Waals surface area contributed by atoms with E-state index in [1.807, 2.05) is 35.5 Å². The Morgan fingerprint density at radius 3 is 2.42 bits per heavy atom. The summed E-state index contributed by atoms with van der Waals surface area (Å²) in [6.07, 6.45) is -2.40. The maximum Gasteiger partial charge on any atom is 0.296 e. The zero-order valence-electron chi connectivity index (χ0n) is 20.6. The minimum Gasteiger partial charge on any atom is -0.375 e. The number of benzene rings is 1. The standard InChI is InChI=1S/C24H30F2N8O2/c1-4-19(35)31-9-11-32(12-10-31)22-28-23(33-13-14-36-16(3)15(33)2)30-24(29-22)34-18-8-6-5-7-17(18)27-21(34)20(25)26/h5-8,15-16,20H,4,9-14H2,1-3H3/t15-,16-/m0/s1. The summed E-state index contributed by atoms with van der Waals surface area (Å²) in [5.74, 6) is 0.582. The van der Waals surface area contributed by atoms with Gasteiger partial charge in [0.1, 0.15) is 0 Å². The second-order valence-electron chi connectivity index (χ2n) is 9.06. The number of aromatic nitrogens is 5. The molecule has 0 radical (unpaired) electrons. The number of hydrogen-bond acceptors (Lipinski definition) is 8. The molecule has 2 atom stereocenters. The Hall–Kier alpha value is -3.41. The quantitative estimate of drug-likeness (QED) is 0.528. The molecule has 0 bridgehead atoms. The first-order valence-electron chi connectivity index (χ1n) is 12.3. The van der Waals surface area contributed by atoms with Crippen molar-refractivity contribution in [2.24, 2.45) is 0 Å². The predicted molar refractivity (Wildman–Crippen MR) is 131 cm³/mol. The number of anilines is 2. The third kappa shape index (κ3) is 4.45. The summed E-state index contributed by atoms with van der Waals surface area (Å²) in [4.78, 5) is 36.2. The molecular formula is C24H30F2N8O2. The van der Waals surface area contributed by atoms with Crippen LogP contribution >= 0.6 is 0 Å². The normalized spacial score (nSPS) is 21.0. The van der Waals surface area contributed by atoms with Crippen molar-refractivity contribution in [2.75, 3.05) is 49.1 Å². The second-order valence-corrected chi connectivity index (χ2v) is 9.06. The van der Waals surface area contributed by atoms with Crippen LogP contribution in [-0.4, -0.2) is 86.8 Å². The Morgan fingerprint density at radius 2 is 1.69 bits per heavy atom. The van der Waals surface area contributed by atoms with E-state index in [0.717, 1.165) is 0 Å². The van der Waals surface area contributed by atoms with Crippen molar-refractivity contribution < 1.29 is 18.3 Å². The molecule has 4 heterocycles. The molecule has 5 rings (SSSR count). The third-order valence-electron chi connectivity index (χ3n) is 6.94. The van der Waals surface area contributed by atoms with Crippen LogP contribution in [0.1, 0.15) is 39.4 Å². The number of alkyl halides is 2. The van der Waals surface area contributed by atoms with Crippen LogP contribution < -0.4 is 9.80 Å². The van der Waals surface area contributed by atoms with Crippen molar-refractivity contribution in [3.05, 3.63) is 30.1 Å². The highest BCUT2D eigenvalue weighted by molar-refractivity contribution is 5.78. The summed E-state index contributed by atoms with van der Waals surface area (Å²) >= 11 is 0. The van der Waals surface area contributed by atoms with E-state index >= 15 is 0 Å². The summed E-state index contributed by atoms with van der Waals surface area (Å²) in [7, 11) is 0. The lowest BCUT2D eigenvalue weighted by atomic mass is 10.1. The van der Waals surface area contributed by atoms with Gasteiger partial charge in [-0.3, -0.25) is 9.36 Å². The van der Waals surface area contributed by atoms with Crippen molar-refractivity contribution in [2.45, 2.75) is 45.8 Å². The molecule has 0 spiro atoms. The van der Waals surface area contributed by atoms with Gasteiger partial charge in [-0.05, 0) is 26.0 Å². The number of halogens is 2. The zero-order valence-corrected chi connectivity index (χ0v) is 20.6. The van der Waals surface area contributed by atoms with Gasteiger partial charge < -0.3 is 19.4 Å². The van der Waals surface area contributed by atoms with E-state index < -0.39 is 12.2 Å². The van der Waals surface area contributed by atoms with Crippen molar-refractivity contribution in [1.29, 1.82) is 0 Å². The molecule has 2 saturated heterocycles. The molecule has 2 aromatic heterocycles. The SMILES string of the molecule is CCC(=O)N1CCN(c2nc(N3CCO[C@@H](C)[C@@H]3C)nc(-n3c(C(F)F)nc4ccccc43)n2)CC1. The van der Waals surface area contributed by atoms with E-state index in [2.05, 4.69) is 15.0 Å². The van der Waals surface area contributed by atoms with E-state index in [9.17, 15) is 13.6 Å². The molecule has 0 N–H and O–H groups in total. The van der Waals surface area contributed by atoms with Crippen LogP contribution in [0.2, 0.25) is 0 Å². The molecule has 36 heavy (non-hydrogen) atoms. The Morgan fingerprint density at radius 1 is 1.00 bits per heavy atom. The fraction of sp³-hybridized carbons (Fsp3) is 0.542. The highest BCUT2D eigenvalue weighted by Crippen LogP contribution is 2.29. The monoisotopic (exact) mass is 500 g/mol. The number of carbonyl (C=O) groups is 1. The Balaban J connectivity index is 1.60. The largest absolute Gasteiger partial charge is 0.375 e. The number of nitrogens with zero attached hydrogens (tertiary/aromatic N) is 8. The van der Waals surface area contributed by atoms with Crippen LogP contribution in [0.3, 0.4) is 0 Å². The van der Waals surface area contributed by atoms with Gasteiger partial charge in [0.05, 0.1) is 29.8 Å². The lowest BCUT2D eigenvalue weighted by molar-refractivity contribution is -0.131. The Kier molecular flexibility index (Phi) is 6.69. The smallest absolute Gasteiger partial charge is 0.296 e. The summed E-state index contributed by atoms with van der Waals surface area (Å²) in [5.41, 5.74) is 0.939. The Labute approximate surface area is 207 Å². The number of rotatable bonds is 5. The predicted octanol–water partition coefficient (Wildman–Crippen LogP) is 2.82. The van der Waals surface area contributed by atoms with Crippen LogP contribution in [0.25, 0.3) is 17.0 Å². The highest BCUT2D eigenvalue weighted by Gasteiger charge is 2.31. The second kappa shape index (κ2) is 9.92. The fourth-order valence-corrected chi connectivity index (χ4v) is 4.71. The number of carbonyl (C=O) groups excluding carboxylic acids is 1. The minimum absolute atomic E-state index is 0.0185. The average molecular weight is 501 g/mol. The topological polar surface area (TPSA) is 92.5 Å². The molecular weight excluding hydrogens is 470 g/mol. The number of hydrogen-bond donors (Lipinski definition) is 0. The van der Waals surface area contributed by atoms with Crippen molar-refractivity contribution in [3.8, 4) is 5.95 Å². The summed E-state index contributed by atoms with van der Waals surface area (Å²) in [6.45, 7) is 9.11. The molecule has 0 aliphatic carbocycles. The van der Waals surface area contributed by atoms with Crippen LogP contribution in [0.15, 0.2) is 24.3 Å². The minimum atomic E-state index is -2.81. The van der Waals surface area contributed by atoms with Gasteiger partial charge in [0.2, 0.25) is 23.8 Å². The molecule has 1 amide bonds. The van der Waals surface area contributed by atoms with Gasteiger partial charge in [-0.2, -0.15) is 15.0 Å². The number of ether oxygens (including phenoxy) is 1. The van der Waals surface area contributed by atoms with E-state index in [1.54, 1.807) is 24.3 Å². The first-order valence-corrected chi connectivity index (χ1v) is 12.3. The fourth-order valence-electron chi connectivity index (χ4n) is 4.71. The molecule has 3 aromatic rings. The summed E-state index contributed by atoms with van der Waals surface area (Å²) < 4.78 is 35.3. The maximum absolute atomic E-state index is 14.1. The first kappa shape index (κ1) is 24.3. The van der Waals surface area contributed by atoms with Crippen LogP contribution in [-0.2, 0) is 9.53 Å². The van der Waals surface area contributed by atoms with Gasteiger partial charge in [-0.1, -0.05) is 19.1 Å². The van der Waals surface area contributed by atoms with Crippen molar-refractivity contribution in [3.63, 3.8) is 0 Å². The highest BCUT2D eigenvalue weighted by atomic mass is 19.3. The number of para-hydroxylation sites is 2. The zero-order chi connectivity index (χ0) is 25.4. The van der Waals surface area contributed by atoms with Gasteiger partial charge in [-0.15, -0.1) is 0 Å². The van der Waals surface area contributed by atoms with Crippen LogP contribution in [0.4, 0.5) is 20.7 Å². The molecule has 2 aliphatic rings. The van der Waals surface area contributed by atoms with Gasteiger partial charge in [-0.25, -0.2) is 13.8 Å². The van der Waals surface area contributed by atoms with E-state index in [1.165, 1.54) is 4.57 Å². The Bertz CT molecular complexity index is 1240. The molecule has 10 nitrogen and oxygen atoms in total.